The second kappa shape index (κ2) is 4.77. The highest BCUT2D eigenvalue weighted by Gasteiger charge is 2.19. The Bertz CT molecular complexity index is 665. The van der Waals surface area contributed by atoms with Crippen molar-refractivity contribution in [3.8, 4) is 11.1 Å². The molecule has 1 aliphatic carbocycles. The van der Waals surface area contributed by atoms with Crippen molar-refractivity contribution in [1.29, 1.82) is 0 Å². The van der Waals surface area contributed by atoms with Gasteiger partial charge in [-0.3, -0.25) is 0 Å². The minimum absolute atomic E-state index is 0.873. The molecule has 0 aromatic heterocycles. The number of anilines is 1. The molecule has 1 heteroatoms. The average molecular weight is 247 g/mol. The molecule has 94 valence electrons. The molecule has 3 rings (SSSR count). The molecule has 0 fully saturated rings. The van der Waals surface area contributed by atoms with Crippen molar-refractivity contribution in [2.45, 2.75) is 12.8 Å². The highest BCUT2D eigenvalue weighted by atomic mass is 14.6. The number of nitrogens with two attached hydrogens (primary N) is 1. The summed E-state index contributed by atoms with van der Waals surface area (Å²) < 4.78 is 0. The van der Waals surface area contributed by atoms with E-state index in [0.717, 1.165) is 18.5 Å². The first-order valence-electron chi connectivity index (χ1n) is 6.60. The fourth-order valence-corrected chi connectivity index (χ4v) is 2.85. The predicted octanol–water partition coefficient (Wildman–Crippen LogP) is 4.23. The Balaban J connectivity index is 2.29. The SMILES string of the molecule is C=CC=Cc1cccc2c1-c1c(N)cccc1CC2. The molecule has 2 aromatic carbocycles. The standard InChI is InChI=1S/C18H17N/c1-2-3-6-13-7-4-8-14-11-12-15-9-5-10-16(19)18(15)17(13)14/h2-10H,1,11-12,19H2. The minimum atomic E-state index is 0.873. The molecular formula is C18H17N. The molecular weight excluding hydrogens is 230 g/mol. The lowest BCUT2D eigenvalue weighted by Crippen LogP contribution is -2.07. The van der Waals surface area contributed by atoms with Gasteiger partial charge in [-0.2, -0.15) is 0 Å². The van der Waals surface area contributed by atoms with Gasteiger partial charge in [-0.15, -0.1) is 0 Å². The molecule has 0 saturated carbocycles. The number of fused-ring (bicyclic) bond motifs is 3. The zero-order valence-corrected chi connectivity index (χ0v) is 10.9. The van der Waals surface area contributed by atoms with Crippen LogP contribution in [0, 0.1) is 0 Å². The summed E-state index contributed by atoms with van der Waals surface area (Å²) in [5.41, 5.74) is 13.5. The van der Waals surface area contributed by atoms with Gasteiger partial charge in [0.15, 0.2) is 0 Å². The van der Waals surface area contributed by atoms with Crippen molar-refractivity contribution in [2.24, 2.45) is 0 Å². The van der Waals surface area contributed by atoms with E-state index in [1.807, 2.05) is 18.2 Å². The molecule has 0 radical (unpaired) electrons. The highest BCUT2D eigenvalue weighted by Crippen LogP contribution is 2.40. The zero-order valence-electron chi connectivity index (χ0n) is 10.9. The van der Waals surface area contributed by atoms with E-state index in [1.54, 1.807) is 6.08 Å². The Morgan fingerprint density at radius 2 is 1.63 bits per heavy atom. The molecule has 0 atom stereocenters. The van der Waals surface area contributed by atoms with E-state index < -0.39 is 0 Å². The second-order valence-electron chi connectivity index (χ2n) is 4.86. The Morgan fingerprint density at radius 3 is 2.37 bits per heavy atom. The van der Waals surface area contributed by atoms with Crippen LogP contribution in [0.5, 0.6) is 0 Å². The molecule has 1 nitrogen and oxygen atoms in total. The van der Waals surface area contributed by atoms with E-state index in [-0.39, 0.29) is 0 Å². The maximum Gasteiger partial charge on any atom is 0.0396 e. The van der Waals surface area contributed by atoms with Gasteiger partial charge in [0.1, 0.15) is 0 Å². The van der Waals surface area contributed by atoms with E-state index in [0.29, 0.717) is 0 Å². The van der Waals surface area contributed by atoms with Crippen molar-refractivity contribution < 1.29 is 0 Å². The Hall–Kier alpha value is -2.28. The van der Waals surface area contributed by atoms with Gasteiger partial charge >= 0.3 is 0 Å². The first-order chi connectivity index (χ1) is 9.31. The van der Waals surface area contributed by atoms with Crippen molar-refractivity contribution in [2.75, 3.05) is 5.73 Å². The topological polar surface area (TPSA) is 26.0 Å². The maximum absolute atomic E-state index is 6.21. The highest BCUT2D eigenvalue weighted by molar-refractivity contribution is 5.88. The molecule has 2 aromatic rings. The summed E-state index contributed by atoms with van der Waals surface area (Å²) in [7, 11) is 0. The fraction of sp³-hybridized carbons (Fsp3) is 0.111. The third-order valence-electron chi connectivity index (χ3n) is 3.69. The summed E-state index contributed by atoms with van der Waals surface area (Å²) in [5.74, 6) is 0. The third kappa shape index (κ3) is 1.97. The lowest BCUT2D eigenvalue weighted by molar-refractivity contribution is 0.942. The van der Waals surface area contributed by atoms with Gasteiger partial charge in [0.05, 0.1) is 0 Å². The number of rotatable bonds is 2. The van der Waals surface area contributed by atoms with Crippen LogP contribution in [-0.4, -0.2) is 0 Å². The molecule has 0 amide bonds. The maximum atomic E-state index is 6.21. The van der Waals surface area contributed by atoms with Crippen molar-refractivity contribution >= 4 is 11.8 Å². The van der Waals surface area contributed by atoms with E-state index in [9.17, 15) is 0 Å². The number of hydrogen-bond donors (Lipinski definition) is 1. The summed E-state index contributed by atoms with van der Waals surface area (Å²) in [4.78, 5) is 0. The molecule has 0 unspecified atom stereocenters. The van der Waals surface area contributed by atoms with Crippen LogP contribution < -0.4 is 5.73 Å². The lowest BCUT2D eigenvalue weighted by Gasteiger charge is -2.23. The van der Waals surface area contributed by atoms with Gasteiger partial charge in [0.2, 0.25) is 0 Å². The molecule has 0 spiro atoms. The fourth-order valence-electron chi connectivity index (χ4n) is 2.85. The molecule has 0 heterocycles. The van der Waals surface area contributed by atoms with Gasteiger partial charge < -0.3 is 5.73 Å². The summed E-state index contributed by atoms with van der Waals surface area (Å²) in [6.45, 7) is 3.74. The van der Waals surface area contributed by atoms with Crippen molar-refractivity contribution in [3.05, 3.63) is 71.8 Å². The normalized spacial score (nSPS) is 13.1. The first kappa shape index (κ1) is 11.8. The number of nitrogen functional groups attached to an aromatic ring is 1. The van der Waals surface area contributed by atoms with E-state index in [4.69, 9.17) is 5.73 Å². The summed E-state index contributed by atoms with van der Waals surface area (Å²) in [6, 6.07) is 12.7. The smallest absolute Gasteiger partial charge is 0.0396 e. The predicted molar refractivity (Wildman–Crippen MR) is 82.9 cm³/mol. The monoisotopic (exact) mass is 247 g/mol. The molecule has 2 N–H and O–H groups in total. The molecule has 1 aliphatic rings. The Labute approximate surface area is 114 Å². The van der Waals surface area contributed by atoms with Crippen LogP contribution in [0.15, 0.2) is 55.1 Å². The molecule has 0 saturated heterocycles. The van der Waals surface area contributed by atoms with Crippen molar-refractivity contribution in [3.63, 3.8) is 0 Å². The van der Waals surface area contributed by atoms with E-state index in [2.05, 4.69) is 36.9 Å². The van der Waals surface area contributed by atoms with Crippen LogP contribution in [0.1, 0.15) is 16.7 Å². The third-order valence-corrected chi connectivity index (χ3v) is 3.69. The summed E-state index contributed by atoms with van der Waals surface area (Å²) in [6.07, 6.45) is 8.04. The van der Waals surface area contributed by atoms with E-state index >= 15 is 0 Å². The van der Waals surface area contributed by atoms with Gasteiger partial charge in [0.25, 0.3) is 0 Å². The zero-order chi connectivity index (χ0) is 13.2. The van der Waals surface area contributed by atoms with Gasteiger partial charge in [-0.05, 0) is 41.2 Å². The quantitative estimate of drug-likeness (QED) is 0.623. The van der Waals surface area contributed by atoms with Gasteiger partial charge in [0, 0.05) is 11.3 Å². The lowest BCUT2D eigenvalue weighted by atomic mass is 9.82. The Kier molecular flexibility index (Phi) is 2.96. The van der Waals surface area contributed by atoms with Crippen LogP contribution >= 0.6 is 0 Å². The second-order valence-corrected chi connectivity index (χ2v) is 4.86. The van der Waals surface area contributed by atoms with Crippen LogP contribution in [0.25, 0.3) is 17.2 Å². The summed E-state index contributed by atoms with van der Waals surface area (Å²) in [5, 5.41) is 0. The minimum Gasteiger partial charge on any atom is -0.398 e. The molecule has 0 bridgehead atoms. The van der Waals surface area contributed by atoms with Crippen LogP contribution in [0.3, 0.4) is 0 Å². The number of aryl methyl sites for hydroxylation is 2. The average Bonchev–Trinajstić information content (AvgIpc) is 2.45. The van der Waals surface area contributed by atoms with E-state index in [1.165, 1.54) is 27.8 Å². The Morgan fingerprint density at radius 1 is 0.947 bits per heavy atom. The largest absolute Gasteiger partial charge is 0.398 e. The molecule has 0 aliphatic heterocycles. The van der Waals surface area contributed by atoms with Crippen molar-refractivity contribution in [1.82, 2.24) is 0 Å². The summed E-state index contributed by atoms with van der Waals surface area (Å²) >= 11 is 0. The van der Waals surface area contributed by atoms with Crippen LogP contribution in [0.2, 0.25) is 0 Å². The molecule has 19 heavy (non-hydrogen) atoms. The number of hydrogen-bond acceptors (Lipinski definition) is 1. The van der Waals surface area contributed by atoms with Gasteiger partial charge in [-0.1, -0.05) is 55.1 Å². The first-order valence-corrected chi connectivity index (χ1v) is 6.60. The van der Waals surface area contributed by atoms with Crippen LogP contribution in [0.4, 0.5) is 5.69 Å². The van der Waals surface area contributed by atoms with Gasteiger partial charge in [-0.25, -0.2) is 0 Å². The van der Waals surface area contributed by atoms with Crippen LogP contribution in [-0.2, 0) is 12.8 Å². The number of allylic oxidation sites excluding steroid dienone is 2. The number of benzene rings is 2.